The number of piperidine rings is 1. The van der Waals surface area contributed by atoms with Crippen molar-refractivity contribution >= 4 is 17.5 Å². The van der Waals surface area contributed by atoms with E-state index in [-0.39, 0.29) is 0 Å². The van der Waals surface area contributed by atoms with E-state index in [4.69, 9.17) is 0 Å². The zero-order valence-electron chi connectivity index (χ0n) is 13.5. The Morgan fingerprint density at radius 3 is 2.58 bits per heavy atom. The van der Waals surface area contributed by atoms with Gasteiger partial charge >= 0.3 is 0 Å². The molecule has 24 heavy (non-hydrogen) atoms. The second kappa shape index (κ2) is 6.70. The van der Waals surface area contributed by atoms with Crippen molar-refractivity contribution in [1.82, 2.24) is 19.7 Å². The third-order valence-corrected chi connectivity index (χ3v) is 4.20. The van der Waals surface area contributed by atoms with E-state index in [9.17, 15) is 0 Å². The summed E-state index contributed by atoms with van der Waals surface area (Å²) in [6.45, 7) is 2.16. The van der Waals surface area contributed by atoms with E-state index in [0.29, 0.717) is 5.95 Å². The van der Waals surface area contributed by atoms with Gasteiger partial charge in [-0.1, -0.05) is 18.2 Å². The monoisotopic (exact) mass is 320 g/mol. The number of pyridine rings is 1. The summed E-state index contributed by atoms with van der Waals surface area (Å²) in [5.74, 6) is 1.60. The summed E-state index contributed by atoms with van der Waals surface area (Å²) >= 11 is 0. The molecule has 1 N–H and O–H groups in total. The fraction of sp³-hybridized carbons (Fsp3) is 0.278. The van der Waals surface area contributed by atoms with Gasteiger partial charge in [-0.15, -0.1) is 5.10 Å². The molecule has 3 heterocycles. The predicted molar refractivity (Wildman–Crippen MR) is 94.9 cm³/mol. The molecule has 6 heteroatoms. The van der Waals surface area contributed by atoms with Crippen molar-refractivity contribution in [2.75, 3.05) is 23.3 Å². The summed E-state index contributed by atoms with van der Waals surface area (Å²) in [6, 6.07) is 13.9. The van der Waals surface area contributed by atoms with Gasteiger partial charge in [-0.3, -0.25) is 0 Å². The van der Waals surface area contributed by atoms with Gasteiger partial charge in [0.1, 0.15) is 12.1 Å². The van der Waals surface area contributed by atoms with E-state index in [0.717, 1.165) is 30.3 Å². The van der Waals surface area contributed by atoms with Crippen LogP contribution in [-0.4, -0.2) is 32.8 Å². The third kappa shape index (κ3) is 3.22. The highest BCUT2D eigenvalue weighted by atomic mass is 15.4. The average Bonchev–Trinajstić information content (AvgIpc) is 3.12. The van der Waals surface area contributed by atoms with Crippen molar-refractivity contribution in [1.29, 1.82) is 0 Å². The molecule has 0 radical (unpaired) electrons. The Kier molecular flexibility index (Phi) is 4.10. The van der Waals surface area contributed by atoms with Crippen LogP contribution in [0, 0.1) is 0 Å². The van der Waals surface area contributed by atoms with Crippen LogP contribution >= 0.6 is 0 Å². The highest BCUT2D eigenvalue weighted by Crippen LogP contribution is 2.20. The number of rotatable bonds is 4. The average molecular weight is 320 g/mol. The van der Waals surface area contributed by atoms with Gasteiger partial charge in [-0.2, -0.15) is 4.98 Å². The molecular weight excluding hydrogens is 300 g/mol. The molecule has 1 fully saturated rings. The van der Waals surface area contributed by atoms with Crippen LogP contribution in [0.4, 0.5) is 17.5 Å². The van der Waals surface area contributed by atoms with Crippen LogP contribution < -0.4 is 10.2 Å². The van der Waals surface area contributed by atoms with Crippen molar-refractivity contribution in [3.63, 3.8) is 0 Å². The molecule has 0 spiro atoms. The first kappa shape index (κ1) is 14.7. The first-order valence-corrected chi connectivity index (χ1v) is 8.34. The molecule has 122 valence electrons. The summed E-state index contributed by atoms with van der Waals surface area (Å²) in [4.78, 5) is 11.2. The van der Waals surface area contributed by atoms with Gasteiger partial charge in [0.25, 0.3) is 0 Å². The number of nitrogens with zero attached hydrogens (tertiary/aromatic N) is 5. The molecule has 1 aliphatic rings. The second-order valence-corrected chi connectivity index (χ2v) is 5.92. The maximum Gasteiger partial charge on any atom is 0.246 e. The number of anilines is 3. The van der Waals surface area contributed by atoms with Crippen molar-refractivity contribution in [2.45, 2.75) is 19.3 Å². The van der Waals surface area contributed by atoms with Gasteiger partial charge in [-0.25, -0.2) is 9.67 Å². The molecule has 6 nitrogen and oxygen atoms in total. The quantitative estimate of drug-likeness (QED) is 0.798. The van der Waals surface area contributed by atoms with E-state index < -0.39 is 0 Å². The number of para-hydroxylation sites is 1. The Hall–Kier alpha value is -2.89. The minimum Gasteiger partial charge on any atom is -0.357 e. The first-order chi connectivity index (χ1) is 11.9. The molecule has 0 bridgehead atoms. The number of hydrogen-bond acceptors (Lipinski definition) is 5. The zero-order valence-corrected chi connectivity index (χ0v) is 13.5. The normalized spacial score (nSPS) is 14.6. The molecule has 3 aromatic rings. The number of benzene rings is 1. The van der Waals surface area contributed by atoms with Crippen LogP contribution in [0.5, 0.6) is 0 Å². The summed E-state index contributed by atoms with van der Waals surface area (Å²) in [5, 5.41) is 7.71. The summed E-state index contributed by atoms with van der Waals surface area (Å²) in [6.07, 6.45) is 7.35. The maximum atomic E-state index is 4.51. The van der Waals surface area contributed by atoms with E-state index in [1.807, 2.05) is 42.6 Å². The van der Waals surface area contributed by atoms with Crippen LogP contribution in [0.25, 0.3) is 5.69 Å². The Morgan fingerprint density at radius 1 is 0.917 bits per heavy atom. The zero-order chi connectivity index (χ0) is 16.2. The molecular formula is C18H20N6. The Morgan fingerprint density at radius 2 is 1.75 bits per heavy atom. The molecule has 0 aliphatic carbocycles. The number of aromatic nitrogens is 4. The smallest absolute Gasteiger partial charge is 0.246 e. The number of nitrogens with one attached hydrogen (secondary N) is 1. The standard InChI is InChI=1S/C18H20N6/c1-3-7-15(8-4-1)21-18-20-14-24(22-18)16-9-10-19-17(13-16)23-11-5-2-6-12-23/h1,3-4,7-10,13-14H,2,5-6,11-12H2,(H,21,22). The Labute approximate surface area is 141 Å². The first-order valence-electron chi connectivity index (χ1n) is 8.34. The molecule has 1 aromatic carbocycles. The lowest BCUT2D eigenvalue weighted by Crippen LogP contribution is -2.30. The molecule has 1 saturated heterocycles. The van der Waals surface area contributed by atoms with E-state index in [1.54, 1.807) is 11.0 Å². The van der Waals surface area contributed by atoms with Crippen LogP contribution in [0.15, 0.2) is 55.0 Å². The maximum absolute atomic E-state index is 4.51. The topological polar surface area (TPSA) is 58.9 Å². The van der Waals surface area contributed by atoms with Crippen molar-refractivity contribution in [3.8, 4) is 5.69 Å². The fourth-order valence-corrected chi connectivity index (χ4v) is 2.94. The third-order valence-electron chi connectivity index (χ3n) is 4.20. The molecule has 2 aromatic heterocycles. The van der Waals surface area contributed by atoms with Gasteiger partial charge in [0.15, 0.2) is 0 Å². The van der Waals surface area contributed by atoms with Gasteiger partial charge in [0, 0.05) is 31.0 Å². The molecule has 0 unspecified atom stereocenters. The highest BCUT2D eigenvalue weighted by molar-refractivity contribution is 5.53. The van der Waals surface area contributed by atoms with Gasteiger partial charge < -0.3 is 10.2 Å². The summed E-state index contributed by atoms with van der Waals surface area (Å²) in [7, 11) is 0. The van der Waals surface area contributed by atoms with Crippen LogP contribution in [-0.2, 0) is 0 Å². The van der Waals surface area contributed by atoms with Gasteiger partial charge in [0.2, 0.25) is 5.95 Å². The minimum absolute atomic E-state index is 0.581. The van der Waals surface area contributed by atoms with Crippen molar-refractivity contribution in [3.05, 3.63) is 55.0 Å². The van der Waals surface area contributed by atoms with Crippen LogP contribution in [0.2, 0.25) is 0 Å². The lowest BCUT2D eigenvalue weighted by Gasteiger charge is -2.27. The van der Waals surface area contributed by atoms with E-state index >= 15 is 0 Å². The Bertz CT molecular complexity index is 792. The lowest BCUT2D eigenvalue weighted by atomic mass is 10.1. The number of hydrogen-bond donors (Lipinski definition) is 1. The van der Waals surface area contributed by atoms with Gasteiger partial charge in [0.05, 0.1) is 5.69 Å². The largest absolute Gasteiger partial charge is 0.357 e. The SMILES string of the molecule is c1ccc(Nc2ncn(-c3ccnc(N4CCCCC4)c3)n2)cc1. The van der Waals surface area contributed by atoms with Crippen LogP contribution in [0.1, 0.15) is 19.3 Å². The van der Waals surface area contributed by atoms with E-state index in [1.165, 1.54) is 19.3 Å². The molecule has 1 aliphatic heterocycles. The van der Waals surface area contributed by atoms with Crippen LogP contribution in [0.3, 0.4) is 0 Å². The summed E-state index contributed by atoms with van der Waals surface area (Å²) < 4.78 is 1.78. The molecule has 0 amide bonds. The minimum atomic E-state index is 0.581. The molecule has 4 rings (SSSR count). The second-order valence-electron chi connectivity index (χ2n) is 5.92. The highest BCUT2D eigenvalue weighted by Gasteiger charge is 2.13. The van der Waals surface area contributed by atoms with Gasteiger partial charge in [-0.05, 0) is 37.5 Å². The lowest BCUT2D eigenvalue weighted by molar-refractivity contribution is 0.573. The Balaban J connectivity index is 1.53. The van der Waals surface area contributed by atoms with E-state index in [2.05, 4.69) is 31.3 Å². The fourth-order valence-electron chi connectivity index (χ4n) is 2.94. The molecule has 0 saturated carbocycles. The summed E-state index contributed by atoms with van der Waals surface area (Å²) in [5.41, 5.74) is 1.94. The van der Waals surface area contributed by atoms with Crippen molar-refractivity contribution in [2.24, 2.45) is 0 Å². The predicted octanol–water partition coefficient (Wildman–Crippen LogP) is 3.40. The molecule has 0 atom stereocenters. The van der Waals surface area contributed by atoms with Crippen molar-refractivity contribution < 1.29 is 0 Å².